The third-order valence-corrected chi connectivity index (χ3v) is 8.91. The van der Waals surface area contributed by atoms with E-state index in [-0.39, 0.29) is 44.4 Å². The molecule has 5 amide bonds. The van der Waals surface area contributed by atoms with Crippen molar-refractivity contribution in [2.24, 2.45) is 5.73 Å². The van der Waals surface area contributed by atoms with Gasteiger partial charge in [-0.15, -0.1) is 0 Å². The van der Waals surface area contributed by atoms with Crippen LogP contribution in [0, 0.1) is 0 Å². The van der Waals surface area contributed by atoms with Gasteiger partial charge in [-0.3, -0.25) is 24.0 Å². The number of phenols is 1. The smallest absolute Gasteiger partial charge is 0.243 e. The fraction of sp³-hybridized carbons (Fsp3) is 0.342. The minimum atomic E-state index is -1.12. The molecule has 1 saturated heterocycles. The number of carbonyl (C=O) groups is 5. The van der Waals surface area contributed by atoms with E-state index in [4.69, 9.17) is 5.73 Å². The van der Waals surface area contributed by atoms with Gasteiger partial charge in [-0.05, 0) is 60.7 Å². The molecule has 0 aliphatic carbocycles. The number of rotatable bonds is 10. The molecule has 13 nitrogen and oxygen atoms in total. The lowest BCUT2D eigenvalue weighted by molar-refractivity contribution is -0.135. The summed E-state index contributed by atoms with van der Waals surface area (Å²) in [5.41, 5.74) is 8.85. The van der Waals surface area contributed by atoms with E-state index in [9.17, 15) is 29.1 Å². The molecule has 13 heteroatoms. The Balaban J connectivity index is 1.48. The fourth-order valence-corrected chi connectivity index (χ4v) is 6.13. The first-order valence-electron chi connectivity index (χ1n) is 17.2. The Labute approximate surface area is 296 Å². The maximum atomic E-state index is 14.2. The number of nitrogens with one attached hydrogen (secondary N) is 6. The van der Waals surface area contributed by atoms with Crippen LogP contribution in [0.3, 0.4) is 0 Å². The lowest BCUT2D eigenvalue weighted by Crippen LogP contribution is -2.59. The van der Waals surface area contributed by atoms with Gasteiger partial charge in [0.25, 0.3) is 0 Å². The van der Waals surface area contributed by atoms with Gasteiger partial charge in [0, 0.05) is 49.3 Å². The molecular formula is C38H45N7O6. The van der Waals surface area contributed by atoms with Crippen molar-refractivity contribution < 1.29 is 29.1 Å². The Morgan fingerprint density at radius 2 is 1.22 bits per heavy atom. The summed E-state index contributed by atoms with van der Waals surface area (Å²) in [4.78, 5) is 71.9. The number of phenolic OH excluding ortho intramolecular Hbond substituents is 1. The molecule has 1 aromatic heterocycles. The van der Waals surface area contributed by atoms with Crippen LogP contribution in [0.5, 0.6) is 5.75 Å². The molecule has 0 saturated carbocycles. The van der Waals surface area contributed by atoms with Crippen LogP contribution in [0.25, 0.3) is 10.9 Å². The molecule has 4 atom stereocenters. The average molecular weight is 696 g/mol. The average Bonchev–Trinajstić information content (AvgIpc) is 3.53. The molecule has 1 aliphatic heterocycles. The summed E-state index contributed by atoms with van der Waals surface area (Å²) in [6.07, 6.45) is 3.35. The first-order valence-corrected chi connectivity index (χ1v) is 17.2. The Hall–Kier alpha value is -5.69. The van der Waals surface area contributed by atoms with Crippen molar-refractivity contribution in [1.29, 1.82) is 0 Å². The Morgan fingerprint density at radius 1 is 0.627 bits per heavy atom. The van der Waals surface area contributed by atoms with Gasteiger partial charge in [0.05, 0.1) is 0 Å². The summed E-state index contributed by atoms with van der Waals surface area (Å²) in [5.74, 6) is -2.70. The normalized spacial score (nSPS) is 20.9. The van der Waals surface area contributed by atoms with Crippen molar-refractivity contribution in [1.82, 2.24) is 31.6 Å². The molecule has 4 aromatic rings. The number of benzene rings is 3. The first kappa shape index (κ1) is 36.6. The SMILES string of the molecule is NCCCC[C@@H]1NC(=O)[C@H](Cc2c[nH]c3ccccc23)NC(=O)[C@H](Cc2ccccc2)NC(=O)CCNC(=O)[C@H](Cc2ccc(O)cc2)NC1=O. The number of hydrogen-bond donors (Lipinski definition) is 8. The molecule has 9 N–H and O–H groups in total. The third-order valence-electron chi connectivity index (χ3n) is 8.91. The Kier molecular flexibility index (Phi) is 12.8. The third kappa shape index (κ3) is 10.4. The second-order valence-electron chi connectivity index (χ2n) is 12.8. The maximum Gasteiger partial charge on any atom is 0.243 e. The van der Waals surface area contributed by atoms with Gasteiger partial charge in [0.1, 0.15) is 29.9 Å². The summed E-state index contributed by atoms with van der Waals surface area (Å²) in [5, 5.41) is 24.7. The highest BCUT2D eigenvalue weighted by Crippen LogP contribution is 2.20. The number of fused-ring (bicyclic) bond motifs is 1. The molecule has 3 aromatic carbocycles. The topological polar surface area (TPSA) is 208 Å². The number of unbranched alkanes of at least 4 members (excludes halogenated alkanes) is 1. The van der Waals surface area contributed by atoms with Crippen molar-refractivity contribution in [3.8, 4) is 5.75 Å². The lowest BCUT2D eigenvalue weighted by Gasteiger charge is -2.27. The summed E-state index contributed by atoms with van der Waals surface area (Å²) in [6, 6.07) is 18.8. The Morgan fingerprint density at radius 3 is 1.92 bits per heavy atom. The van der Waals surface area contributed by atoms with Crippen LogP contribution in [0.2, 0.25) is 0 Å². The van der Waals surface area contributed by atoms with Crippen LogP contribution in [0.15, 0.2) is 85.1 Å². The number of carbonyl (C=O) groups excluding carboxylic acids is 5. The van der Waals surface area contributed by atoms with Gasteiger partial charge in [-0.1, -0.05) is 60.7 Å². The van der Waals surface area contributed by atoms with Gasteiger partial charge in [-0.25, -0.2) is 0 Å². The highest BCUT2D eigenvalue weighted by atomic mass is 16.3. The summed E-state index contributed by atoms with van der Waals surface area (Å²) < 4.78 is 0. The molecular weight excluding hydrogens is 650 g/mol. The predicted octanol–water partition coefficient (Wildman–Crippen LogP) is 1.49. The van der Waals surface area contributed by atoms with E-state index >= 15 is 0 Å². The number of aromatic hydroxyl groups is 1. The van der Waals surface area contributed by atoms with E-state index in [2.05, 4.69) is 31.6 Å². The van der Waals surface area contributed by atoms with E-state index in [1.807, 2.05) is 54.6 Å². The van der Waals surface area contributed by atoms with Crippen LogP contribution in [-0.2, 0) is 43.2 Å². The number of hydrogen-bond acceptors (Lipinski definition) is 7. The molecule has 268 valence electrons. The minimum Gasteiger partial charge on any atom is -0.508 e. The van der Waals surface area contributed by atoms with Crippen molar-refractivity contribution in [2.75, 3.05) is 13.1 Å². The fourth-order valence-electron chi connectivity index (χ4n) is 6.13. The van der Waals surface area contributed by atoms with E-state index < -0.39 is 53.7 Å². The van der Waals surface area contributed by atoms with E-state index in [0.717, 1.165) is 22.0 Å². The van der Waals surface area contributed by atoms with Gasteiger partial charge >= 0.3 is 0 Å². The van der Waals surface area contributed by atoms with E-state index in [0.29, 0.717) is 24.9 Å². The van der Waals surface area contributed by atoms with Gasteiger partial charge in [-0.2, -0.15) is 0 Å². The molecule has 1 aliphatic rings. The lowest BCUT2D eigenvalue weighted by atomic mass is 10.0. The highest BCUT2D eigenvalue weighted by molar-refractivity contribution is 5.96. The molecule has 5 rings (SSSR count). The van der Waals surface area contributed by atoms with Crippen LogP contribution in [0.1, 0.15) is 42.4 Å². The van der Waals surface area contributed by atoms with Crippen molar-refractivity contribution >= 4 is 40.4 Å². The van der Waals surface area contributed by atoms with Crippen molar-refractivity contribution in [2.45, 2.75) is 69.1 Å². The van der Waals surface area contributed by atoms with Crippen LogP contribution >= 0.6 is 0 Å². The predicted molar refractivity (Wildman–Crippen MR) is 192 cm³/mol. The monoisotopic (exact) mass is 695 g/mol. The van der Waals surface area contributed by atoms with Crippen LogP contribution < -0.4 is 32.3 Å². The summed E-state index contributed by atoms with van der Waals surface area (Å²) >= 11 is 0. The van der Waals surface area contributed by atoms with Crippen LogP contribution in [0.4, 0.5) is 0 Å². The zero-order valence-corrected chi connectivity index (χ0v) is 28.3. The number of nitrogens with two attached hydrogens (primary N) is 1. The molecule has 0 unspecified atom stereocenters. The van der Waals surface area contributed by atoms with Crippen molar-refractivity contribution in [3.05, 3.63) is 102 Å². The van der Waals surface area contributed by atoms with E-state index in [1.54, 1.807) is 18.3 Å². The summed E-state index contributed by atoms with van der Waals surface area (Å²) in [7, 11) is 0. The van der Waals surface area contributed by atoms with Crippen molar-refractivity contribution in [3.63, 3.8) is 0 Å². The number of aromatic amines is 1. The number of aromatic nitrogens is 1. The molecule has 51 heavy (non-hydrogen) atoms. The van der Waals surface area contributed by atoms with Gasteiger partial charge < -0.3 is 42.4 Å². The van der Waals surface area contributed by atoms with E-state index in [1.165, 1.54) is 12.1 Å². The zero-order valence-electron chi connectivity index (χ0n) is 28.3. The molecule has 0 spiro atoms. The van der Waals surface area contributed by atoms with Crippen LogP contribution in [-0.4, -0.2) is 76.9 Å². The number of para-hydroxylation sites is 1. The number of H-pyrrole nitrogens is 1. The zero-order chi connectivity index (χ0) is 36.2. The molecule has 2 heterocycles. The van der Waals surface area contributed by atoms with Gasteiger partial charge in [0.15, 0.2) is 0 Å². The quantitative estimate of drug-likeness (QED) is 0.115. The summed E-state index contributed by atoms with van der Waals surface area (Å²) in [6.45, 7) is 0.341. The first-order chi connectivity index (χ1) is 24.7. The minimum absolute atomic E-state index is 0.0495. The standard InChI is InChI=1S/C38H45N7O6/c39-18-7-6-12-30-36(49)44-31(21-25-13-15-27(46)16-14-25)35(48)40-19-17-34(47)42-32(20-24-8-2-1-3-9-24)37(50)45-33(38(51)43-30)22-26-23-41-29-11-5-4-10-28(26)29/h1-5,8-11,13-16,23,30-33,41,46H,6-7,12,17-22,39H2,(H,40,48)(H,42,47)(H,43,51)(H,44,49)(H,45,50)/t30-,31-,32-,33-/m0/s1. The number of amides is 5. The highest BCUT2D eigenvalue weighted by Gasteiger charge is 2.32. The van der Waals surface area contributed by atoms with Gasteiger partial charge in [0.2, 0.25) is 29.5 Å². The second kappa shape index (κ2) is 17.8. The Bertz CT molecular complexity index is 1810. The molecule has 0 radical (unpaired) electrons. The molecule has 1 fully saturated rings. The maximum absolute atomic E-state index is 14.2. The second-order valence-corrected chi connectivity index (χ2v) is 12.8. The molecule has 0 bridgehead atoms. The largest absolute Gasteiger partial charge is 0.508 e.